The topological polar surface area (TPSA) is 17.3 Å². The smallest absolute Gasteiger partial charge is 0.117 e. The molecule has 0 aromatic carbocycles. The quantitative estimate of drug-likeness (QED) is 0.636. The maximum Gasteiger partial charge on any atom is 0.117 e. The van der Waals surface area contributed by atoms with Gasteiger partial charge in [0.25, 0.3) is 0 Å². The second-order valence-corrected chi connectivity index (χ2v) is 3.89. The highest BCUT2D eigenvalue weighted by atomic mass is 35.5. The first-order valence-corrected chi connectivity index (χ1v) is 4.86. The van der Waals surface area contributed by atoms with Crippen LogP contribution in [0.1, 0.15) is 24.6 Å². The average Bonchev–Trinajstić information content (AvgIpc) is 2.87. The molecule has 2 heterocycles. The molecule has 1 aliphatic rings. The Morgan fingerprint density at radius 1 is 1.38 bits per heavy atom. The fourth-order valence-electron chi connectivity index (χ4n) is 1.66. The van der Waals surface area contributed by atoms with E-state index >= 15 is 0 Å². The van der Waals surface area contributed by atoms with Gasteiger partial charge >= 0.3 is 0 Å². The van der Waals surface area contributed by atoms with Crippen molar-refractivity contribution in [1.82, 2.24) is 9.38 Å². The maximum absolute atomic E-state index is 6.10. The molecule has 3 rings (SSSR count). The number of hydrogen-bond donors (Lipinski definition) is 0. The fraction of sp³-hybridized carbons (Fsp3) is 0.300. The van der Waals surface area contributed by atoms with Crippen LogP contribution in [0.5, 0.6) is 0 Å². The second kappa shape index (κ2) is 2.48. The second-order valence-electron chi connectivity index (χ2n) is 3.50. The highest BCUT2D eigenvalue weighted by Gasteiger charge is 2.28. The van der Waals surface area contributed by atoms with Crippen LogP contribution >= 0.6 is 11.6 Å². The Kier molecular flexibility index (Phi) is 1.41. The van der Waals surface area contributed by atoms with Gasteiger partial charge in [-0.25, -0.2) is 4.98 Å². The van der Waals surface area contributed by atoms with Gasteiger partial charge < -0.3 is 0 Å². The van der Waals surface area contributed by atoms with Crippen LogP contribution in [-0.2, 0) is 0 Å². The van der Waals surface area contributed by atoms with Gasteiger partial charge in [0.1, 0.15) is 11.0 Å². The van der Waals surface area contributed by atoms with Gasteiger partial charge in [-0.2, -0.15) is 0 Å². The van der Waals surface area contributed by atoms with Crippen molar-refractivity contribution in [2.45, 2.75) is 18.8 Å². The summed E-state index contributed by atoms with van der Waals surface area (Å²) in [5, 5.41) is 0.761. The van der Waals surface area contributed by atoms with Gasteiger partial charge in [0.15, 0.2) is 0 Å². The van der Waals surface area contributed by atoms with Crippen LogP contribution in [0, 0.1) is 0 Å². The van der Waals surface area contributed by atoms with Gasteiger partial charge in [-0.15, -0.1) is 0 Å². The number of nitrogens with zero attached hydrogens (tertiary/aromatic N) is 2. The standard InChI is InChI=1S/C10H9ClN2/c11-9-3-1-2-8-6-12-10(13(8)9)7-4-5-7/h1-3,6-7H,4-5H2. The highest BCUT2D eigenvalue weighted by molar-refractivity contribution is 6.29. The SMILES string of the molecule is Clc1cccc2cnc(C3CC3)n12. The molecule has 0 radical (unpaired) electrons. The van der Waals surface area contributed by atoms with Crippen LogP contribution in [0.2, 0.25) is 5.15 Å². The van der Waals surface area contributed by atoms with E-state index in [9.17, 15) is 0 Å². The Balaban J connectivity index is 2.34. The van der Waals surface area contributed by atoms with E-state index < -0.39 is 0 Å². The van der Waals surface area contributed by atoms with E-state index in [2.05, 4.69) is 4.98 Å². The Hall–Kier alpha value is -1.02. The number of rotatable bonds is 1. The summed E-state index contributed by atoms with van der Waals surface area (Å²) in [5.41, 5.74) is 1.09. The van der Waals surface area contributed by atoms with E-state index in [1.807, 2.05) is 28.8 Å². The third kappa shape index (κ3) is 1.05. The minimum absolute atomic E-state index is 0.641. The van der Waals surface area contributed by atoms with Gasteiger partial charge in [0, 0.05) is 5.92 Å². The van der Waals surface area contributed by atoms with Gasteiger partial charge in [0.2, 0.25) is 0 Å². The summed E-state index contributed by atoms with van der Waals surface area (Å²) in [4.78, 5) is 4.40. The molecular weight excluding hydrogens is 184 g/mol. The molecule has 0 amide bonds. The van der Waals surface area contributed by atoms with Gasteiger partial charge in [0.05, 0.1) is 11.7 Å². The van der Waals surface area contributed by atoms with Crippen molar-refractivity contribution >= 4 is 17.1 Å². The third-order valence-corrected chi connectivity index (χ3v) is 2.77. The summed E-state index contributed by atoms with van der Waals surface area (Å²) in [6, 6.07) is 5.89. The van der Waals surface area contributed by atoms with Crippen molar-refractivity contribution in [2.75, 3.05) is 0 Å². The highest BCUT2D eigenvalue weighted by Crippen LogP contribution is 2.40. The van der Waals surface area contributed by atoms with Crippen molar-refractivity contribution in [3.63, 3.8) is 0 Å². The van der Waals surface area contributed by atoms with Gasteiger partial charge in [-0.3, -0.25) is 4.40 Å². The first-order valence-electron chi connectivity index (χ1n) is 4.48. The summed E-state index contributed by atoms with van der Waals surface area (Å²) in [5.74, 6) is 1.77. The normalized spacial score (nSPS) is 16.7. The van der Waals surface area contributed by atoms with Crippen LogP contribution in [0.25, 0.3) is 5.52 Å². The van der Waals surface area contributed by atoms with Crippen molar-refractivity contribution in [3.8, 4) is 0 Å². The van der Waals surface area contributed by atoms with E-state index in [-0.39, 0.29) is 0 Å². The monoisotopic (exact) mass is 192 g/mol. The minimum atomic E-state index is 0.641. The summed E-state index contributed by atoms with van der Waals surface area (Å²) in [7, 11) is 0. The molecule has 66 valence electrons. The number of pyridine rings is 1. The number of imidazole rings is 1. The van der Waals surface area contributed by atoms with E-state index in [0.717, 1.165) is 16.5 Å². The van der Waals surface area contributed by atoms with E-state index in [1.54, 1.807) is 0 Å². The molecule has 0 N–H and O–H groups in total. The van der Waals surface area contributed by atoms with E-state index in [4.69, 9.17) is 11.6 Å². The summed E-state index contributed by atoms with van der Waals surface area (Å²) < 4.78 is 2.04. The molecule has 2 aromatic rings. The molecule has 1 saturated carbocycles. The Morgan fingerprint density at radius 3 is 3.00 bits per heavy atom. The molecule has 1 aliphatic carbocycles. The molecule has 2 aromatic heterocycles. The summed E-state index contributed by atoms with van der Waals surface area (Å²) in [6.45, 7) is 0. The lowest BCUT2D eigenvalue weighted by atomic mass is 10.4. The zero-order valence-corrected chi connectivity index (χ0v) is 7.83. The van der Waals surface area contributed by atoms with Crippen LogP contribution in [0.15, 0.2) is 24.4 Å². The molecule has 0 spiro atoms. The molecule has 0 bridgehead atoms. The average molecular weight is 193 g/mol. The molecule has 0 aliphatic heterocycles. The van der Waals surface area contributed by atoms with E-state index in [1.165, 1.54) is 12.8 Å². The Morgan fingerprint density at radius 2 is 2.23 bits per heavy atom. The molecule has 0 atom stereocenters. The summed E-state index contributed by atoms with van der Waals surface area (Å²) >= 11 is 6.10. The predicted molar refractivity (Wildman–Crippen MR) is 52.2 cm³/mol. The maximum atomic E-state index is 6.10. The van der Waals surface area contributed by atoms with Gasteiger partial charge in [-0.05, 0) is 25.0 Å². The molecule has 0 saturated heterocycles. The Bertz CT molecular complexity index is 457. The third-order valence-electron chi connectivity index (χ3n) is 2.47. The number of halogens is 1. The first kappa shape index (κ1) is 7.39. The van der Waals surface area contributed by atoms with Crippen LogP contribution in [0.3, 0.4) is 0 Å². The largest absolute Gasteiger partial charge is 0.287 e. The van der Waals surface area contributed by atoms with Crippen molar-refractivity contribution in [1.29, 1.82) is 0 Å². The molecular formula is C10H9ClN2. The molecule has 1 fully saturated rings. The van der Waals surface area contributed by atoms with Crippen molar-refractivity contribution < 1.29 is 0 Å². The lowest BCUT2D eigenvalue weighted by Gasteiger charge is -2.00. The lowest BCUT2D eigenvalue weighted by molar-refractivity contribution is 0.921. The minimum Gasteiger partial charge on any atom is -0.287 e. The van der Waals surface area contributed by atoms with Crippen LogP contribution in [-0.4, -0.2) is 9.38 Å². The molecule has 0 unspecified atom stereocenters. The number of hydrogen-bond acceptors (Lipinski definition) is 1. The zero-order valence-electron chi connectivity index (χ0n) is 7.07. The van der Waals surface area contributed by atoms with Crippen molar-refractivity contribution in [3.05, 3.63) is 35.4 Å². The van der Waals surface area contributed by atoms with Crippen LogP contribution in [0.4, 0.5) is 0 Å². The number of aromatic nitrogens is 2. The Labute approximate surface area is 81.2 Å². The molecule has 13 heavy (non-hydrogen) atoms. The summed E-state index contributed by atoms with van der Waals surface area (Å²) in [6.07, 6.45) is 4.40. The zero-order chi connectivity index (χ0) is 8.84. The predicted octanol–water partition coefficient (Wildman–Crippen LogP) is 2.87. The van der Waals surface area contributed by atoms with E-state index in [0.29, 0.717) is 5.92 Å². The van der Waals surface area contributed by atoms with Gasteiger partial charge in [-0.1, -0.05) is 17.7 Å². The molecule has 2 nitrogen and oxygen atoms in total. The van der Waals surface area contributed by atoms with Crippen LogP contribution < -0.4 is 0 Å². The van der Waals surface area contributed by atoms with Crippen molar-refractivity contribution in [2.24, 2.45) is 0 Å². The number of fused-ring (bicyclic) bond motifs is 1. The fourth-order valence-corrected chi connectivity index (χ4v) is 1.92. The molecule has 3 heteroatoms. The first-order chi connectivity index (χ1) is 6.36. The lowest BCUT2D eigenvalue weighted by Crippen LogP contribution is -1.92.